The third-order valence-corrected chi connectivity index (χ3v) is 2.30. The number of phenols is 1. The number of nitrogens with one attached hydrogen (secondary N) is 1. The van der Waals surface area contributed by atoms with Gasteiger partial charge in [-0.3, -0.25) is 0 Å². The quantitative estimate of drug-likeness (QED) is 0.704. The van der Waals surface area contributed by atoms with Gasteiger partial charge in [-0.05, 0) is 36.6 Å². The fourth-order valence-electron chi connectivity index (χ4n) is 1.47. The summed E-state index contributed by atoms with van der Waals surface area (Å²) in [6.45, 7) is 5.45. The monoisotopic (exact) mass is 193 g/mol. The molecule has 1 unspecified atom stereocenters. The molecule has 0 saturated carbocycles. The molecule has 0 heterocycles. The molecule has 0 fully saturated rings. The second-order valence-electron chi connectivity index (χ2n) is 3.82. The van der Waals surface area contributed by atoms with Crippen LogP contribution in [0.5, 0.6) is 5.75 Å². The fourth-order valence-corrected chi connectivity index (χ4v) is 1.47. The van der Waals surface area contributed by atoms with Gasteiger partial charge in [0.05, 0.1) is 0 Å². The summed E-state index contributed by atoms with van der Waals surface area (Å²) < 4.78 is 0. The first-order valence-corrected chi connectivity index (χ1v) is 5.25. The number of rotatable bonds is 5. The van der Waals surface area contributed by atoms with Gasteiger partial charge in [0.2, 0.25) is 0 Å². The fraction of sp³-hybridized carbons (Fsp3) is 0.500. The molecule has 2 nitrogen and oxygen atoms in total. The first-order valence-electron chi connectivity index (χ1n) is 5.25. The first-order chi connectivity index (χ1) is 6.72. The SMILES string of the molecule is CCCC(C)CNc1ccc(O)cc1. The Kier molecular flexibility index (Phi) is 4.30. The summed E-state index contributed by atoms with van der Waals surface area (Å²) >= 11 is 0. The lowest BCUT2D eigenvalue weighted by Gasteiger charge is -2.12. The molecule has 1 aromatic carbocycles. The van der Waals surface area contributed by atoms with Crippen LogP contribution in [0.1, 0.15) is 26.7 Å². The molecule has 1 rings (SSSR count). The zero-order valence-corrected chi connectivity index (χ0v) is 8.96. The Morgan fingerprint density at radius 3 is 2.50 bits per heavy atom. The van der Waals surface area contributed by atoms with Crippen LogP contribution in [0.4, 0.5) is 5.69 Å². The van der Waals surface area contributed by atoms with Crippen LogP contribution in [0.3, 0.4) is 0 Å². The van der Waals surface area contributed by atoms with Gasteiger partial charge < -0.3 is 10.4 Å². The number of anilines is 1. The minimum absolute atomic E-state index is 0.317. The Hall–Kier alpha value is -1.18. The highest BCUT2D eigenvalue weighted by molar-refractivity contribution is 5.45. The van der Waals surface area contributed by atoms with Crippen LogP contribution >= 0.6 is 0 Å². The number of aromatic hydroxyl groups is 1. The average Bonchev–Trinajstić information content (AvgIpc) is 2.17. The second kappa shape index (κ2) is 5.53. The van der Waals surface area contributed by atoms with Crippen molar-refractivity contribution in [3.05, 3.63) is 24.3 Å². The molecule has 2 heteroatoms. The third-order valence-electron chi connectivity index (χ3n) is 2.30. The summed E-state index contributed by atoms with van der Waals surface area (Å²) in [5.41, 5.74) is 1.07. The highest BCUT2D eigenvalue weighted by atomic mass is 16.3. The minimum atomic E-state index is 0.317. The van der Waals surface area contributed by atoms with Gasteiger partial charge in [-0.15, -0.1) is 0 Å². The summed E-state index contributed by atoms with van der Waals surface area (Å²) in [4.78, 5) is 0. The largest absolute Gasteiger partial charge is 0.508 e. The highest BCUT2D eigenvalue weighted by Crippen LogP contribution is 2.14. The van der Waals surface area contributed by atoms with Crippen molar-refractivity contribution in [2.45, 2.75) is 26.7 Å². The van der Waals surface area contributed by atoms with E-state index in [9.17, 15) is 0 Å². The molecule has 0 aliphatic heterocycles. The topological polar surface area (TPSA) is 32.3 Å². The summed E-state index contributed by atoms with van der Waals surface area (Å²) in [6, 6.07) is 7.20. The van der Waals surface area contributed by atoms with Crippen molar-refractivity contribution in [3.8, 4) is 5.75 Å². The van der Waals surface area contributed by atoms with Crippen LogP contribution in [-0.2, 0) is 0 Å². The zero-order chi connectivity index (χ0) is 10.4. The van der Waals surface area contributed by atoms with E-state index in [1.807, 2.05) is 12.1 Å². The normalized spacial score (nSPS) is 12.4. The van der Waals surface area contributed by atoms with Gasteiger partial charge in [-0.1, -0.05) is 20.3 Å². The van der Waals surface area contributed by atoms with Crippen molar-refractivity contribution in [2.24, 2.45) is 5.92 Å². The number of hydrogen-bond acceptors (Lipinski definition) is 2. The van der Waals surface area contributed by atoms with Crippen LogP contribution in [0.2, 0.25) is 0 Å². The average molecular weight is 193 g/mol. The van der Waals surface area contributed by atoms with Gasteiger partial charge in [-0.2, -0.15) is 0 Å². The van der Waals surface area contributed by atoms with E-state index in [-0.39, 0.29) is 0 Å². The summed E-state index contributed by atoms with van der Waals surface area (Å²) in [5, 5.41) is 12.4. The second-order valence-corrected chi connectivity index (χ2v) is 3.82. The molecule has 0 radical (unpaired) electrons. The molecular formula is C12H19NO. The van der Waals surface area contributed by atoms with Crippen LogP contribution < -0.4 is 5.32 Å². The van der Waals surface area contributed by atoms with E-state index >= 15 is 0 Å². The van der Waals surface area contributed by atoms with Crippen molar-refractivity contribution in [3.63, 3.8) is 0 Å². The summed E-state index contributed by atoms with van der Waals surface area (Å²) in [5.74, 6) is 1.02. The van der Waals surface area contributed by atoms with Gasteiger partial charge in [0.15, 0.2) is 0 Å². The lowest BCUT2D eigenvalue weighted by molar-refractivity contribution is 0.475. The van der Waals surface area contributed by atoms with Gasteiger partial charge in [0, 0.05) is 12.2 Å². The van der Waals surface area contributed by atoms with Crippen molar-refractivity contribution in [1.82, 2.24) is 0 Å². The highest BCUT2D eigenvalue weighted by Gasteiger charge is 1.99. The van der Waals surface area contributed by atoms with E-state index in [1.165, 1.54) is 12.8 Å². The van der Waals surface area contributed by atoms with Crippen LogP contribution in [-0.4, -0.2) is 11.7 Å². The molecule has 0 spiro atoms. The lowest BCUT2D eigenvalue weighted by atomic mass is 10.1. The Balaban J connectivity index is 2.34. The first kappa shape index (κ1) is 10.9. The maximum absolute atomic E-state index is 9.09. The van der Waals surface area contributed by atoms with Gasteiger partial charge in [0.1, 0.15) is 5.75 Å². The van der Waals surface area contributed by atoms with Crippen molar-refractivity contribution in [2.75, 3.05) is 11.9 Å². The Morgan fingerprint density at radius 2 is 1.93 bits per heavy atom. The van der Waals surface area contributed by atoms with E-state index in [2.05, 4.69) is 19.2 Å². The van der Waals surface area contributed by atoms with Crippen LogP contribution in [0.15, 0.2) is 24.3 Å². The lowest BCUT2D eigenvalue weighted by Crippen LogP contribution is -2.10. The maximum atomic E-state index is 9.09. The molecule has 0 saturated heterocycles. The molecule has 2 N–H and O–H groups in total. The van der Waals surface area contributed by atoms with Crippen LogP contribution in [0, 0.1) is 5.92 Å². The van der Waals surface area contributed by atoms with Gasteiger partial charge >= 0.3 is 0 Å². The van der Waals surface area contributed by atoms with E-state index in [4.69, 9.17) is 5.11 Å². The molecule has 0 aromatic heterocycles. The standard InChI is InChI=1S/C12H19NO/c1-3-4-10(2)9-13-11-5-7-12(14)8-6-11/h5-8,10,13-14H,3-4,9H2,1-2H3. The predicted molar refractivity (Wildman–Crippen MR) is 60.7 cm³/mol. The molecule has 0 aliphatic carbocycles. The van der Waals surface area contributed by atoms with Crippen LogP contribution in [0.25, 0.3) is 0 Å². The molecule has 1 atom stereocenters. The molecule has 0 bridgehead atoms. The van der Waals surface area contributed by atoms with E-state index < -0.39 is 0 Å². The molecule has 78 valence electrons. The zero-order valence-electron chi connectivity index (χ0n) is 8.96. The summed E-state index contributed by atoms with van der Waals surface area (Å²) in [7, 11) is 0. The predicted octanol–water partition coefficient (Wildman–Crippen LogP) is 3.24. The maximum Gasteiger partial charge on any atom is 0.115 e. The Morgan fingerprint density at radius 1 is 1.29 bits per heavy atom. The van der Waals surface area contributed by atoms with Gasteiger partial charge in [0.25, 0.3) is 0 Å². The molecule has 1 aromatic rings. The Bertz CT molecular complexity index is 256. The van der Waals surface area contributed by atoms with E-state index in [1.54, 1.807) is 12.1 Å². The molecule has 0 amide bonds. The number of hydrogen-bond donors (Lipinski definition) is 2. The van der Waals surface area contributed by atoms with E-state index in [0.29, 0.717) is 11.7 Å². The summed E-state index contributed by atoms with van der Waals surface area (Å²) in [6.07, 6.45) is 2.49. The molecule has 0 aliphatic rings. The smallest absolute Gasteiger partial charge is 0.115 e. The van der Waals surface area contributed by atoms with E-state index in [0.717, 1.165) is 12.2 Å². The van der Waals surface area contributed by atoms with Crippen molar-refractivity contribution < 1.29 is 5.11 Å². The Labute approximate surface area is 86.0 Å². The molecular weight excluding hydrogens is 174 g/mol. The number of benzene rings is 1. The minimum Gasteiger partial charge on any atom is -0.508 e. The number of phenolic OH excluding ortho intramolecular Hbond substituents is 1. The van der Waals surface area contributed by atoms with Crippen molar-refractivity contribution in [1.29, 1.82) is 0 Å². The molecule has 14 heavy (non-hydrogen) atoms. The third kappa shape index (κ3) is 3.69. The van der Waals surface area contributed by atoms with Gasteiger partial charge in [-0.25, -0.2) is 0 Å². The van der Waals surface area contributed by atoms with Crippen molar-refractivity contribution >= 4 is 5.69 Å².